The van der Waals surface area contributed by atoms with Crippen LogP contribution in [0.3, 0.4) is 0 Å². The predicted molar refractivity (Wildman–Crippen MR) is 95.4 cm³/mol. The number of hydrogen-bond donors (Lipinski definition) is 1. The van der Waals surface area contributed by atoms with Gasteiger partial charge >= 0.3 is 0 Å². The highest BCUT2D eigenvalue weighted by molar-refractivity contribution is 5.44. The highest BCUT2D eigenvalue weighted by Gasteiger charge is 2.08. The van der Waals surface area contributed by atoms with Gasteiger partial charge in [0.15, 0.2) is 0 Å². The molecular weight excluding hydrogens is 282 g/mol. The Balaban J connectivity index is 1.46. The smallest absolute Gasteiger partial charge is 0.113 e. The molecule has 2 aliphatic rings. The van der Waals surface area contributed by atoms with Crippen molar-refractivity contribution < 1.29 is 0 Å². The van der Waals surface area contributed by atoms with Gasteiger partial charge in [0.25, 0.3) is 0 Å². The van der Waals surface area contributed by atoms with Crippen LogP contribution in [0.2, 0.25) is 0 Å². The average molecular weight is 303 g/mol. The van der Waals surface area contributed by atoms with Crippen LogP contribution in [-0.4, -0.2) is 23.0 Å². The van der Waals surface area contributed by atoms with Crippen molar-refractivity contribution in [3.63, 3.8) is 0 Å². The van der Waals surface area contributed by atoms with Gasteiger partial charge in [-0.1, -0.05) is 30.2 Å². The van der Waals surface area contributed by atoms with Gasteiger partial charge in [-0.2, -0.15) is 0 Å². The van der Waals surface area contributed by atoms with Gasteiger partial charge in [-0.3, -0.25) is 0 Å². The van der Waals surface area contributed by atoms with E-state index in [9.17, 15) is 0 Å². The van der Waals surface area contributed by atoms with Gasteiger partial charge in [0.1, 0.15) is 5.69 Å². The molecule has 0 fully saturated rings. The summed E-state index contributed by atoms with van der Waals surface area (Å²) < 4.78 is 0. The third kappa shape index (κ3) is 4.37. The Labute approximate surface area is 137 Å². The summed E-state index contributed by atoms with van der Waals surface area (Å²) >= 11 is 0. The summed E-state index contributed by atoms with van der Waals surface area (Å²) in [5.74, 6) is 6.25. The first-order valence-corrected chi connectivity index (χ1v) is 7.98. The van der Waals surface area contributed by atoms with Gasteiger partial charge in [0.2, 0.25) is 0 Å². The van der Waals surface area contributed by atoms with Gasteiger partial charge in [0.05, 0.1) is 11.9 Å². The molecule has 0 radical (unpaired) electrons. The van der Waals surface area contributed by atoms with Gasteiger partial charge in [-0.05, 0) is 54.3 Å². The number of pyridine rings is 1. The van der Waals surface area contributed by atoms with E-state index in [1.165, 1.54) is 11.1 Å². The van der Waals surface area contributed by atoms with Gasteiger partial charge < -0.3 is 10.6 Å². The maximum atomic E-state index is 5.61. The molecule has 0 amide bonds. The lowest BCUT2D eigenvalue weighted by molar-refractivity contribution is 0.420. The van der Waals surface area contributed by atoms with Gasteiger partial charge in [-0.15, -0.1) is 0 Å². The van der Waals surface area contributed by atoms with Crippen molar-refractivity contribution in [2.24, 2.45) is 0 Å². The predicted octanol–water partition coefficient (Wildman–Crippen LogP) is 3.44. The molecule has 0 aromatic carbocycles. The average Bonchev–Trinajstić information content (AvgIpc) is 2.62. The molecule has 0 atom stereocenters. The number of rotatable bonds is 3. The molecule has 0 bridgehead atoms. The van der Waals surface area contributed by atoms with Gasteiger partial charge in [-0.25, -0.2) is 4.98 Å². The van der Waals surface area contributed by atoms with Crippen molar-refractivity contribution in [2.75, 3.05) is 18.8 Å². The van der Waals surface area contributed by atoms with Crippen LogP contribution in [0.15, 0.2) is 66.1 Å². The van der Waals surface area contributed by atoms with Crippen molar-refractivity contribution in [1.82, 2.24) is 9.88 Å². The lowest BCUT2D eigenvalue weighted by atomic mass is 9.96. The Bertz CT molecular complexity index is 724. The second-order valence-corrected chi connectivity index (χ2v) is 5.64. The number of hydrogen-bond acceptors (Lipinski definition) is 3. The molecule has 0 saturated carbocycles. The molecule has 0 unspecified atom stereocenters. The SMILES string of the molecule is Nc1ccc(C#CCCN2C=CC(C3=CCC=CC3)=CC2)nc1. The first-order valence-electron chi connectivity index (χ1n) is 7.98. The second kappa shape index (κ2) is 7.51. The zero-order valence-corrected chi connectivity index (χ0v) is 13.2. The minimum Gasteiger partial charge on any atom is -0.397 e. The van der Waals surface area contributed by atoms with E-state index >= 15 is 0 Å². The molecule has 1 aliphatic carbocycles. The molecule has 3 rings (SSSR count). The number of aromatic nitrogens is 1. The Morgan fingerprint density at radius 1 is 1.22 bits per heavy atom. The van der Waals surface area contributed by atoms with Crippen LogP contribution < -0.4 is 5.73 Å². The molecule has 116 valence electrons. The normalized spacial score (nSPS) is 16.4. The summed E-state index contributed by atoms with van der Waals surface area (Å²) in [5, 5.41) is 0. The fraction of sp³-hybridized carbons (Fsp3) is 0.250. The van der Waals surface area contributed by atoms with E-state index in [4.69, 9.17) is 5.73 Å². The molecule has 1 aliphatic heterocycles. The van der Waals surface area contributed by atoms with Crippen molar-refractivity contribution in [2.45, 2.75) is 19.3 Å². The maximum Gasteiger partial charge on any atom is 0.113 e. The lowest BCUT2D eigenvalue weighted by Gasteiger charge is -2.23. The summed E-state index contributed by atoms with van der Waals surface area (Å²) in [5.41, 5.74) is 9.85. The zero-order valence-electron chi connectivity index (χ0n) is 13.2. The monoisotopic (exact) mass is 303 g/mol. The van der Waals surface area contributed by atoms with Crippen LogP contribution in [0.5, 0.6) is 0 Å². The second-order valence-electron chi connectivity index (χ2n) is 5.64. The molecule has 1 aromatic rings. The van der Waals surface area contributed by atoms with E-state index < -0.39 is 0 Å². The molecule has 3 nitrogen and oxygen atoms in total. The fourth-order valence-electron chi connectivity index (χ4n) is 2.60. The minimum atomic E-state index is 0.667. The van der Waals surface area contributed by atoms with Crippen molar-refractivity contribution >= 4 is 5.69 Å². The van der Waals surface area contributed by atoms with Crippen LogP contribution in [-0.2, 0) is 0 Å². The number of nitrogen functional groups attached to an aromatic ring is 1. The first kappa shape index (κ1) is 15.2. The summed E-state index contributed by atoms with van der Waals surface area (Å²) in [7, 11) is 0. The minimum absolute atomic E-state index is 0.667. The van der Waals surface area contributed by atoms with Crippen LogP contribution >= 0.6 is 0 Å². The number of allylic oxidation sites excluding steroid dienone is 6. The Kier molecular flexibility index (Phi) is 4.95. The van der Waals surface area contributed by atoms with Crippen molar-refractivity contribution in [1.29, 1.82) is 0 Å². The summed E-state index contributed by atoms with van der Waals surface area (Å²) in [6, 6.07) is 3.68. The molecule has 3 heteroatoms. The molecule has 2 heterocycles. The highest BCUT2D eigenvalue weighted by atomic mass is 15.1. The van der Waals surface area contributed by atoms with E-state index in [0.717, 1.165) is 38.0 Å². The van der Waals surface area contributed by atoms with Crippen LogP contribution in [0.4, 0.5) is 5.69 Å². The lowest BCUT2D eigenvalue weighted by Crippen LogP contribution is -2.21. The van der Waals surface area contributed by atoms with E-state index in [-0.39, 0.29) is 0 Å². The third-order valence-corrected chi connectivity index (χ3v) is 3.91. The van der Waals surface area contributed by atoms with E-state index in [1.54, 1.807) is 6.20 Å². The van der Waals surface area contributed by atoms with Crippen molar-refractivity contribution in [3.05, 3.63) is 71.7 Å². The molecular formula is C20H21N3. The maximum absolute atomic E-state index is 5.61. The van der Waals surface area contributed by atoms with E-state index in [0.29, 0.717) is 5.69 Å². The van der Waals surface area contributed by atoms with Crippen LogP contribution in [0.1, 0.15) is 25.0 Å². The largest absolute Gasteiger partial charge is 0.397 e. The number of nitrogens with two attached hydrogens (primary N) is 1. The van der Waals surface area contributed by atoms with Gasteiger partial charge in [0, 0.05) is 19.5 Å². The highest BCUT2D eigenvalue weighted by Crippen LogP contribution is 2.22. The first-order chi connectivity index (χ1) is 11.3. The Hall–Kier alpha value is -2.73. The standard InChI is InChI=1S/C20H21N3/c21-19-9-10-20(22-16-19)8-4-5-13-23-14-11-18(12-15-23)17-6-2-1-3-7-17/h1-2,7,9-12,14,16H,3,5-6,13,15,21H2. The molecule has 1 aromatic heterocycles. The van der Waals surface area contributed by atoms with E-state index in [2.05, 4.69) is 58.3 Å². The zero-order chi connectivity index (χ0) is 15.9. The topological polar surface area (TPSA) is 42.1 Å². The molecule has 2 N–H and O–H groups in total. The molecule has 23 heavy (non-hydrogen) atoms. The fourth-order valence-corrected chi connectivity index (χ4v) is 2.60. The Morgan fingerprint density at radius 3 is 2.87 bits per heavy atom. The number of nitrogens with zero attached hydrogens (tertiary/aromatic N) is 2. The Morgan fingerprint density at radius 2 is 2.17 bits per heavy atom. The third-order valence-electron chi connectivity index (χ3n) is 3.91. The molecule has 0 spiro atoms. The van der Waals surface area contributed by atoms with Crippen molar-refractivity contribution in [3.8, 4) is 11.8 Å². The number of anilines is 1. The summed E-state index contributed by atoms with van der Waals surface area (Å²) in [6.45, 7) is 1.88. The molecule has 0 saturated heterocycles. The summed E-state index contributed by atoms with van der Waals surface area (Å²) in [6.07, 6.45) is 18.0. The quantitative estimate of drug-likeness (QED) is 0.687. The van der Waals surface area contributed by atoms with E-state index in [1.807, 2.05) is 12.1 Å². The van der Waals surface area contributed by atoms with Crippen LogP contribution in [0, 0.1) is 11.8 Å². The van der Waals surface area contributed by atoms with Crippen LogP contribution in [0.25, 0.3) is 0 Å². The summed E-state index contributed by atoms with van der Waals surface area (Å²) in [4.78, 5) is 6.46.